The average molecular weight is 368 g/mol. The molecular weight excluding hydrogens is 344 g/mol. The van der Waals surface area contributed by atoms with E-state index in [1.54, 1.807) is 0 Å². The van der Waals surface area contributed by atoms with Gasteiger partial charge < -0.3 is 30.6 Å². The van der Waals surface area contributed by atoms with E-state index in [0.29, 0.717) is 12.8 Å². The van der Waals surface area contributed by atoms with Crippen molar-refractivity contribution in [3.05, 3.63) is 0 Å². The lowest BCUT2D eigenvalue weighted by molar-refractivity contribution is -0.170. The van der Waals surface area contributed by atoms with Crippen LogP contribution in [0.2, 0.25) is 0 Å². The molecule has 0 amide bonds. The maximum Gasteiger partial charge on any atom is 0.336 e. The molecule has 0 rings (SSSR count). The fourth-order valence-electron chi connectivity index (χ4n) is 1.14. The lowest BCUT2D eigenvalue weighted by Gasteiger charge is -2.18. The second kappa shape index (κ2) is 14.9. The molecule has 11 nitrogen and oxygen atoms in total. The van der Waals surface area contributed by atoms with Gasteiger partial charge in [-0.1, -0.05) is 13.8 Å². The van der Waals surface area contributed by atoms with Gasteiger partial charge in [0.05, 0.1) is 12.8 Å². The van der Waals surface area contributed by atoms with Gasteiger partial charge in [0.2, 0.25) is 0 Å². The minimum absolute atomic E-state index is 0.292. The number of hydrogen-bond donors (Lipinski definition) is 6. The Balaban J connectivity index is -0.000000336. The molecular formula is C14H24O11. The van der Waals surface area contributed by atoms with Crippen molar-refractivity contribution in [2.24, 2.45) is 0 Å². The standard InChI is InChI=1S/C6H8O7.2C4H8O2/c7-3(8)1-6(13,5(11)12)2-4(9)10;2*1-2-3-4(5)6/h13H,1-2H2,(H,7,8)(H,9,10)(H,11,12);2*2-3H2,1H3,(H,5,6). The number of carboxylic acids is 5. The van der Waals surface area contributed by atoms with E-state index < -0.39 is 48.3 Å². The highest BCUT2D eigenvalue weighted by atomic mass is 16.4. The van der Waals surface area contributed by atoms with E-state index in [9.17, 15) is 24.0 Å². The van der Waals surface area contributed by atoms with Crippen LogP contribution in [0.3, 0.4) is 0 Å². The van der Waals surface area contributed by atoms with Crippen molar-refractivity contribution in [2.75, 3.05) is 0 Å². The molecule has 0 saturated heterocycles. The van der Waals surface area contributed by atoms with Gasteiger partial charge in [-0.05, 0) is 12.8 Å². The van der Waals surface area contributed by atoms with Crippen molar-refractivity contribution in [3.63, 3.8) is 0 Å². The highest BCUT2D eigenvalue weighted by molar-refractivity contribution is 5.88. The Hall–Kier alpha value is -2.69. The summed E-state index contributed by atoms with van der Waals surface area (Å²) in [4.78, 5) is 49.7. The maximum absolute atomic E-state index is 10.3. The summed E-state index contributed by atoms with van der Waals surface area (Å²) in [6, 6.07) is 0. The lowest BCUT2D eigenvalue weighted by atomic mass is 9.96. The van der Waals surface area contributed by atoms with Crippen LogP contribution in [0, 0.1) is 0 Å². The molecule has 0 radical (unpaired) electrons. The molecule has 0 atom stereocenters. The maximum atomic E-state index is 10.3. The molecule has 6 N–H and O–H groups in total. The first-order valence-corrected chi connectivity index (χ1v) is 7.15. The third kappa shape index (κ3) is 21.3. The van der Waals surface area contributed by atoms with Gasteiger partial charge in [-0.15, -0.1) is 0 Å². The van der Waals surface area contributed by atoms with Gasteiger partial charge in [-0.2, -0.15) is 0 Å². The van der Waals surface area contributed by atoms with E-state index in [1.807, 2.05) is 13.8 Å². The van der Waals surface area contributed by atoms with E-state index in [2.05, 4.69) is 0 Å². The highest BCUT2D eigenvalue weighted by Gasteiger charge is 2.40. The van der Waals surface area contributed by atoms with E-state index in [1.165, 1.54) is 0 Å². The minimum atomic E-state index is -2.74. The molecule has 0 unspecified atom stereocenters. The summed E-state index contributed by atoms with van der Waals surface area (Å²) in [5, 5.41) is 49.6. The zero-order valence-corrected chi connectivity index (χ0v) is 14.0. The van der Waals surface area contributed by atoms with Gasteiger partial charge in [0, 0.05) is 12.8 Å². The van der Waals surface area contributed by atoms with Crippen LogP contribution in [0.5, 0.6) is 0 Å². The zero-order chi connectivity index (χ0) is 20.6. The van der Waals surface area contributed by atoms with Crippen LogP contribution >= 0.6 is 0 Å². The Kier molecular flexibility index (Phi) is 16.2. The molecule has 0 heterocycles. The number of aliphatic carboxylic acids is 5. The van der Waals surface area contributed by atoms with E-state index in [-0.39, 0.29) is 0 Å². The van der Waals surface area contributed by atoms with Gasteiger partial charge in [0.1, 0.15) is 0 Å². The van der Waals surface area contributed by atoms with Crippen molar-refractivity contribution in [1.29, 1.82) is 0 Å². The lowest BCUT2D eigenvalue weighted by Crippen LogP contribution is -2.42. The highest BCUT2D eigenvalue weighted by Crippen LogP contribution is 2.15. The monoisotopic (exact) mass is 368 g/mol. The van der Waals surface area contributed by atoms with Crippen LogP contribution in [0.4, 0.5) is 0 Å². The number of aliphatic hydroxyl groups is 1. The molecule has 0 fully saturated rings. The first-order valence-electron chi connectivity index (χ1n) is 7.15. The number of rotatable bonds is 9. The fraction of sp³-hybridized carbons (Fsp3) is 0.643. The first-order chi connectivity index (χ1) is 11.3. The molecule has 0 aliphatic carbocycles. The molecule has 146 valence electrons. The van der Waals surface area contributed by atoms with E-state index in [4.69, 9.17) is 30.6 Å². The summed E-state index contributed by atoms with van der Waals surface area (Å²) in [7, 11) is 0. The van der Waals surface area contributed by atoms with Crippen LogP contribution in [0.15, 0.2) is 0 Å². The summed E-state index contributed by atoms with van der Waals surface area (Å²) in [5.41, 5.74) is -2.74. The second-order valence-electron chi connectivity index (χ2n) is 4.77. The van der Waals surface area contributed by atoms with Crippen molar-refractivity contribution in [2.45, 2.75) is 58.0 Å². The summed E-state index contributed by atoms with van der Waals surface area (Å²) in [5.74, 6) is -6.44. The Bertz CT molecular complexity index is 424. The van der Waals surface area contributed by atoms with Crippen LogP contribution < -0.4 is 0 Å². The minimum Gasteiger partial charge on any atom is -0.481 e. The van der Waals surface area contributed by atoms with Crippen molar-refractivity contribution >= 4 is 29.8 Å². The fourth-order valence-corrected chi connectivity index (χ4v) is 1.14. The van der Waals surface area contributed by atoms with Gasteiger partial charge in [-0.25, -0.2) is 4.79 Å². The number of carbonyl (C=O) groups is 5. The van der Waals surface area contributed by atoms with Crippen LogP contribution in [-0.4, -0.2) is 66.1 Å². The summed E-state index contributed by atoms with van der Waals surface area (Å²) < 4.78 is 0. The van der Waals surface area contributed by atoms with Crippen molar-refractivity contribution in [1.82, 2.24) is 0 Å². The molecule has 0 aromatic rings. The van der Waals surface area contributed by atoms with E-state index >= 15 is 0 Å². The molecule has 0 aromatic carbocycles. The molecule has 0 aromatic heterocycles. The third-order valence-corrected chi connectivity index (χ3v) is 2.21. The largest absolute Gasteiger partial charge is 0.481 e. The van der Waals surface area contributed by atoms with Gasteiger partial charge in [-0.3, -0.25) is 19.2 Å². The summed E-state index contributed by atoms with van der Waals surface area (Å²) in [6.45, 7) is 3.68. The molecule has 0 aliphatic rings. The molecule has 11 heteroatoms. The Morgan fingerprint density at radius 3 is 1.00 bits per heavy atom. The molecule has 0 aliphatic heterocycles. The third-order valence-electron chi connectivity index (χ3n) is 2.21. The van der Waals surface area contributed by atoms with Crippen molar-refractivity contribution < 1.29 is 54.6 Å². The molecule has 25 heavy (non-hydrogen) atoms. The molecule has 0 spiro atoms. The smallest absolute Gasteiger partial charge is 0.336 e. The Morgan fingerprint density at radius 1 is 0.640 bits per heavy atom. The summed E-state index contributed by atoms with van der Waals surface area (Å²) >= 11 is 0. The predicted octanol–water partition coefficient (Wildman–Crippen LogP) is 0.494. The van der Waals surface area contributed by atoms with Crippen LogP contribution in [-0.2, 0) is 24.0 Å². The van der Waals surface area contributed by atoms with Crippen LogP contribution in [0.1, 0.15) is 52.4 Å². The first kappa shape index (κ1) is 27.2. The Morgan fingerprint density at radius 2 is 0.920 bits per heavy atom. The second-order valence-corrected chi connectivity index (χ2v) is 4.77. The van der Waals surface area contributed by atoms with E-state index in [0.717, 1.165) is 12.8 Å². The van der Waals surface area contributed by atoms with Gasteiger partial charge >= 0.3 is 29.8 Å². The zero-order valence-electron chi connectivity index (χ0n) is 14.0. The predicted molar refractivity (Wildman–Crippen MR) is 82.2 cm³/mol. The van der Waals surface area contributed by atoms with Crippen LogP contribution in [0.25, 0.3) is 0 Å². The normalized spacial score (nSPS) is 9.56. The molecule has 0 bridgehead atoms. The quantitative estimate of drug-likeness (QED) is 0.330. The Labute approximate surface area is 143 Å². The SMILES string of the molecule is CCCC(=O)O.CCCC(=O)O.O=C(O)CC(O)(CC(=O)O)C(=O)O. The van der Waals surface area contributed by atoms with Gasteiger partial charge in [0.15, 0.2) is 5.60 Å². The number of hydrogen-bond acceptors (Lipinski definition) is 6. The van der Waals surface area contributed by atoms with Crippen molar-refractivity contribution in [3.8, 4) is 0 Å². The topological polar surface area (TPSA) is 207 Å². The number of carboxylic acid groups (broad SMARTS) is 5. The average Bonchev–Trinajstić information content (AvgIpc) is 2.37. The summed E-state index contributed by atoms with van der Waals surface area (Å²) in [6.07, 6.45) is -0.242. The van der Waals surface area contributed by atoms with Gasteiger partial charge in [0.25, 0.3) is 0 Å². The molecule has 0 saturated carbocycles.